The van der Waals surface area contributed by atoms with Crippen molar-refractivity contribution >= 4 is 29.0 Å². The first-order chi connectivity index (χ1) is 12.0. The van der Waals surface area contributed by atoms with Gasteiger partial charge in [-0.25, -0.2) is 9.78 Å². The number of ether oxygens (including phenoxy) is 1. The zero-order valence-electron chi connectivity index (χ0n) is 13.7. The summed E-state index contributed by atoms with van der Waals surface area (Å²) in [6.07, 6.45) is 1.30. The van der Waals surface area contributed by atoms with E-state index in [0.717, 1.165) is 5.56 Å². The van der Waals surface area contributed by atoms with Gasteiger partial charge in [-0.3, -0.25) is 9.20 Å². The molecule has 0 aliphatic carbocycles. The fourth-order valence-corrected chi connectivity index (χ4v) is 2.29. The number of aromatic nitrogens is 4. The fraction of sp³-hybridized carbons (Fsp3) is 0.188. The summed E-state index contributed by atoms with van der Waals surface area (Å²) in [4.78, 5) is 28.2. The van der Waals surface area contributed by atoms with E-state index >= 15 is 0 Å². The summed E-state index contributed by atoms with van der Waals surface area (Å²) >= 11 is 0. The summed E-state index contributed by atoms with van der Waals surface area (Å²) in [7, 11) is 0. The van der Waals surface area contributed by atoms with E-state index in [4.69, 9.17) is 10.5 Å². The monoisotopic (exact) mass is 340 g/mol. The van der Waals surface area contributed by atoms with Crippen LogP contribution in [-0.2, 0) is 4.74 Å². The molecule has 0 bridgehead atoms. The predicted octanol–water partition coefficient (Wildman–Crippen LogP) is 1.44. The Balaban J connectivity index is 1.94. The molecule has 0 atom stereocenters. The van der Waals surface area contributed by atoms with Crippen molar-refractivity contribution in [3.63, 3.8) is 0 Å². The smallest absolute Gasteiger partial charge is 0.360 e. The Kier molecular flexibility index (Phi) is 4.29. The molecule has 0 fully saturated rings. The highest BCUT2D eigenvalue weighted by Gasteiger charge is 2.21. The van der Waals surface area contributed by atoms with Crippen LogP contribution in [0.3, 0.4) is 0 Å². The number of nitrogen functional groups attached to an aromatic ring is 1. The third kappa shape index (κ3) is 3.11. The van der Waals surface area contributed by atoms with Crippen molar-refractivity contribution in [2.24, 2.45) is 0 Å². The van der Waals surface area contributed by atoms with Gasteiger partial charge in [-0.15, -0.1) is 10.2 Å². The SMILES string of the molecule is CCOC(=O)c1ncn2c(N)c(C(=O)Nc3cccc(C)c3)nnc12. The molecule has 128 valence electrons. The number of hydrogen-bond donors (Lipinski definition) is 2. The molecule has 2 aromatic heterocycles. The molecule has 1 aromatic carbocycles. The predicted molar refractivity (Wildman–Crippen MR) is 90.3 cm³/mol. The van der Waals surface area contributed by atoms with Crippen molar-refractivity contribution in [3.05, 3.63) is 47.5 Å². The number of fused-ring (bicyclic) bond motifs is 1. The first-order valence-corrected chi connectivity index (χ1v) is 7.55. The maximum atomic E-state index is 12.4. The Morgan fingerprint density at radius 3 is 2.80 bits per heavy atom. The first kappa shape index (κ1) is 16.4. The Morgan fingerprint density at radius 2 is 2.08 bits per heavy atom. The first-order valence-electron chi connectivity index (χ1n) is 7.55. The highest BCUT2D eigenvalue weighted by molar-refractivity contribution is 6.06. The number of carbonyl (C=O) groups is 2. The second-order valence-electron chi connectivity index (χ2n) is 5.26. The van der Waals surface area contributed by atoms with E-state index in [1.54, 1.807) is 13.0 Å². The van der Waals surface area contributed by atoms with Crippen LogP contribution < -0.4 is 11.1 Å². The number of aryl methyl sites for hydroxylation is 1. The van der Waals surface area contributed by atoms with Gasteiger partial charge in [-0.05, 0) is 31.5 Å². The largest absolute Gasteiger partial charge is 0.461 e. The minimum Gasteiger partial charge on any atom is -0.461 e. The molecule has 3 aromatic rings. The number of nitrogens with one attached hydrogen (secondary N) is 1. The zero-order valence-corrected chi connectivity index (χ0v) is 13.7. The summed E-state index contributed by atoms with van der Waals surface area (Å²) in [5.74, 6) is -1.11. The number of imidazole rings is 1. The van der Waals surface area contributed by atoms with Crippen molar-refractivity contribution in [3.8, 4) is 0 Å². The van der Waals surface area contributed by atoms with Crippen LogP contribution in [0.5, 0.6) is 0 Å². The molecule has 9 nitrogen and oxygen atoms in total. The van der Waals surface area contributed by atoms with Crippen molar-refractivity contribution in [2.45, 2.75) is 13.8 Å². The summed E-state index contributed by atoms with van der Waals surface area (Å²) in [5, 5.41) is 10.4. The van der Waals surface area contributed by atoms with Crippen LogP contribution >= 0.6 is 0 Å². The van der Waals surface area contributed by atoms with Crippen LogP contribution in [0.4, 0.5) is 11.5 Å². The third-order valence-electron chi connectivity index (χ3n) is 3.45. The van der Waals surface area contributed by atoms with Crippen LogP contribution in [0.25, 0.3) is 5.65 Å². The van der Waals surface area contributed by atoms with Gasteiger partial charge in [0.1, 0.15) is 12.1 Å². The van der Waals surface area contributed by atoms with Crippen molar-refractivity contribution in [1.82, 2.24) is 19.6 Å². The number of benzene rings is 1. The van der Waals surface area contributed by atoms with Crippen LogP contribution in [0.15, 0.2) is 30.6 Å². The number of amides is 1. The van der Waals surface area contributed by atoms with E-state index in [0.29, 0.717) is 5.69 Å². The quantitative estimate of drug-likeness (QED) is 0.688. The van der Waals surface area contributed by atoms with Gasteiger partial charge < -0.3 is 15.8 Å². The van der Waals surface area contributed by atoms with Gasteiger partial charge in [0, 0.05) is 5.69 Å². The average molecular weight is 340 g/mol. The number of nitrogens with zero attached hydrogens (tertiary/aromatic N) is 4. The number of hydrogen-bond acceptors (Lipinski definition) is 7. The van der Waals surface area contributed by atoms with Gasteiger partial charge in [0.2, 0.25) is 0 Å². The van der Waals surface area contributed by atoms with E-state index < -0.39 is 11.9 Å². The molecule has 0 saturated carbocycles. The topological polar surface area (TPSA) is 124 Å². The molecule has 1 amide bonds. The second-order valence-corrected chi connectivity index (χ2v) is 5.26. The molecule has 0 radical (unpaired) electrons. The molecule has 2 heterocycles. The Hall–Kier alpha value is -3.49. The molecule has 0 spiro atoms. The van der Waals surface area contributed by atoms with E-state index in [2.05, 4.69) is 20.5 Å². The van der Waals surface area contributed by atoms with Crippen molar-refractivity contribution < 1.29 is 14.3 Å². The van der Waals surface area contributed by atoms with Crippen molar-refractivity contribution in [1.29, 1.82) is 0 Å². The van der Waals surface area contributed by atoms with Gasteiger partial charge in [-0.2, -0.15) is 0 Å². The number of esters is 1. The lowest BCUT2D eigenvalue weighted by Crippen LogP contribution is -2.19. The number of rotatable bonds is 4. The molecule has 0 aliphatic heterocycles. The van der Waals surface area contributed by atoms with Gasteiger partial charge in [0.05, 0.1) is 6.61 Å². The van der Waals surface area contributed by atoms with Crippen LogP contribution in [-0.4, -0.2) is 38.1 Å². The Morgan fingerprint density at radius 1 is 1.28 bits per heavy atom. The lowest BCUT2D eigenvalue weighted by atomic mass is 10.2. The molecular weight excluding hydrogens is 324 g/mol. The van der Waals surface area contributed by atoms with Gasteiger partial charge in [0.25, 0.3) is 5.91 Å². The highest BCUT2D eigenvalue weighted by Crippen LogP contribution is 2.17. The molecule has 9 heteroatoms. The summed E-state index contributed by atoms with van der Waals surface area (Å²) in [6, 6.07) is 7.31. The maximum Gasteiger partial charge on any atom is 0.360 e. The van der Waals surface area contributed by atoms with E-state index in [1.165, 1.54) is 10.7 Å². The van der Waals surface area contributed by atoms with Crippen LogP contribution in [0.1, 0.15) is 33.5 Å². The molecular formula is C16H16N6O3. The summed E-state index contributed by atoms with van der Waals surface area (Å²) < 4.78 is 6.22. The van der Waals surface area contributed by atoms with E-state index in [-0.39, 0.29) is 29.5 Å². The molecule has 3 N–H and O–H groups in total. The van der Waals surface area contributed by atoms with E-state index in [9.17, 15) is 9.59 Å². The van der Waals surface area contributed by atoms with Crippen molar-refractivity contribution in [2.75, 3.05) is 17.7 Å². The summed E-state index contributed by atoms with van der Waals surface area (Å²) in [6.45, 7) is 3.81. The average Bonchev–Trinajstić information content (AvgIpc) is 3.00. The lowest BCUT2D eigenvalue weighted by molar-refractivity contribution is 0.0522. The van der Waals surface area contributed by atoms with Crippen LogP contribution in [0.2, 0.25) is 0 Å². The molecule has 0 unspecified atom stereocenters. The van der Waals surface area contributed by atoms with E-state index in [1.807, 2.05) is 25.1 Å². The minimum absolute atomic E-state index is 0.00769. The molecule has 3 rings (SSSR count). The normalized spacial score (nSPS) is 10.6. The van der Waals surface area contributed by atoms with Gasteiger partial charge >= 0.3 is 5.97 Å². The van der Waals surface area contributed by atoms with Crippen LogP contribution in [0, 0.1) is 6.92 Å². The molecule has 25 heavy (non-hydrogen) atoms. The van der Waals surface area contributed by atoms with Gasteiger partial charge in [-0.1, -0.05) is 12.1 Å². The highest BCUT2D eigenvalue weighted by atomic mass is 16.5. The zero-order chi connectivity index (χ0) is 18.0. The number of carbonyl (C=O) groups excluding carboxylic acids is 2. The standard InChI is InChI=1S/C16H16N6O3/c1-3-25-16(24)12-14-21-20-11(13(17)22(14)8-18-12)15(23)19-10-6-4-5-9(2)7-10/h4-8H,3,17H2,1-2H3,(H,19,23). The lowest BCUT2D eigenvalue weighted by Gasteiger charge is -2.08. The Labute approximate surface area is 142 Å². The Bertz CT molecular complexity index is 966. The molecule has 0 saturated heterocycles. The van der Waals surface area contributed by atoms with Gasteiger partial charge in [0.15, 0.2) is 17.0 Å². The maximum absolute atomic E-state index is 12.4. The minimum atomic E-state index is -0.629. The number of nitrogens with two attached hydrogens (primary N) is 1. The third-order valence-corrected chi connectivity index (χ3v) is 3.45. The summed E-state index contributed by atoms with van der Waals surface area (Å²) in [5.41, 5.74) is 7.67. The molecule has 0 aliphatic rings. The fourth-order valence-electron chi connectivity index (χ4n) is 2.29. The second kappa shape index (κ2) is 6.56. The number of anilines is 2.